The van der Waals surface area contributed by atoms with Crippen LogP contribution in [0.5, 0.6) is 0 Å². The van der Waals surface area contributed by atoms with E-state index in [1.807, 2.05) is 36.4 Å². The fraction of sp³-hybridized carbons (Fsp3) is 0.130. The van der Waals surface area contributed by atoms with Gasteiger partial charge < -0.3 is 10.1 Å². The Morgan fingerprint density at radius 1 is 0.967 bits per heavy atom. The van der Waals surface area contributed by atoms with Crippen molar-refractivity contribution >= 4 is 39.1 Å². The number of anilines is 1. The number of nitrogens with zero attached hydrogens (tertiary/aromatic N) is 2. The van der Waals surface area contributed by atoms with Crippen molar-refractivity contribution in [2.45, 2.75) is 13.0 Å². The van der Waals surface area contributed by atoms with Gasteiger partial charge in [-0.3, -0.25) is 9.59 Å². The molecule has 30 heavy (non-hydrogen) atoms. The SMILES string of the molecule is C[C@@H](OC(=O)c1nn(C)c(=O)c2ccccc12)C(=O)Nc1ccc2ccccc2c1. The van der Waals surface area contributed by atoms with Gasteiger partial charge in [-0.2, -0.15) is 5.10 Å². The van der Waals surface area contributed by atoms with Crippen LogP contribution in [0.2, 0.25) is 0 Å². The fourth-order valence-electron chi connectivity index (χ4n) is 3.23. The van der Waals surface area contributed by atoms with E-state index >= 15 is 0 Å². The number of fused-ring (bicyclic) bond motifs is 2. The van der Waals surface area contributed by atoms with E-state index in [1.165, 1.54) is 14.0 Å². The first-order chi connectivity index (χ1) is 14.4. The summed E-state index contributed by atoms with van der Waals surface area (Å²) in [6.07, 6.45) is -1.05. The number of carbonyl (C=O) groups excluding carboxylic acids is 2. The molecule has 4 rings (SSSR count). The van der Waals surface area contributed by atoms with Gasteiger partial charge in [0.05, 0.1) is 5.39 Å². The number of rotatable bonds is 4. The van der Waals surface area contributed by atoms with Crippen molar-refractivity contribution in [1.82, 2.24) is 9.78 Å². The normalized spacial score (nSPS) is 11.9. The molecule has 0 aliphatic carbocycles. The highest BCUT2D eigenvalue weighted by molar-refractivity contribution is 6.04. The van der Waals surface area contributed by atoms with E-state index in [0.29, 0.717) is 16.5 Å². The molecule has 0 spiro atoms. The summed E-state index contributed by atoms with van der Waals surface area (Å²) in [5.41, 5.74) is 0.273. The van der Waals surface area contributed by atoms with E-state index in [4.69, 9.17) is 4.74 Å². The van der Waals surface area contributed by atoms with E-state index in [0.717, 1.165) is 15.5 Å². The van der Waals surface area contributed by atoms with Gasteiger partial charge in [0, 0.05) is 18.1 Å². The maximum absolute atomic E-state index is 12.7. The molecular formula is C23H19N3O4. The van der Waals surface area contributed by atoms with Crippen LogP contribution in [0.25, 0.3) is 21.5 Å². The third kappa shape index (κ3) is 3.65. The van der Waals surface area contributed by atoms with E-state index in [2.05, 4.69) is 10.4 Å². The molecule has 0 unspecified atom stereocenters. The van der Waals surface area contributed by atoms with Crippen LogP contribution in [-0.2, 0) is 16.6 Å². The van der Waals surface area contributed by atoms with Crippen LogP contribution in [0, 0.1) is 0 Å². The van der Waals surface area contributed by atoms with Crippen LogP contribution >= 0.6 is 0 Å². The molecule has 4 aromatic rings. The summed E-state index contributed by atoms with van der Waals surface area (Å²) >= 11 is 0. The first-order valence-corrected chi connectivity index (χ1v) is 9.41. The second-order valence-corrected chi connectivity index (χ2v) is 6.92. The average Bonchev–Trinajstić information content (AvgIpc) is 2.76. The Morgan fingerprint density at radius 3 is 2.40 bits per heavy atom. The number of esters is 1. The molecule has 1 atom stereocenters. The maximum atomic E-state index is 12.7. The van der Waals surface area contributed by atoms with Gasteiger partial charge in [-0.15, -0.1) is 0 Å². The van der Waals surface area contributed by atoms with Crippen LogP contribution in [0.15, 0.2) is 71.5 Å². The first-order valence-electron chi connectivity index (χ1n) is 9.41. The molecule has 1 heterocycles. The molecule has 0 aliphatic rings. The molecule has 3 aromatic carbocycles. The van der Waals surface area contributed by atoms with Gasteiger partial charge in [0.25, 0.3) is 11.5 Å². The van der Waals surface area contributed by atoms with Crippen molar-refractivity contribution in [1.29, 1.82) is 0 Å². The van der Waals surface area contributed by atoms with E-state index in [1.54, 1.807) is 30.3 Å². The molecule has 0 fully saturated rings. The van der Waals surface area contributed by atoms with Crippen LogP contribution < -0.4 is 10.9 Å². The van der Waals surface area contributed by atoms with Gasteiger partial charge in [-0.05, 0) is 35.9 Å². The summed E-state index contributed by atoms with van der Waals surface area (Å²) in [4.78, 5) is 37.4. The third-order valence-corrected chi connectivity index (χ3v) is 4.82. The zero-order chi connectivity index (χ0) is 21.3. The Labute approximate surface area is 171 Å². The quantitative estimate of drug-likeness (QED) is 0.530. The van der Waals surface area contributed by atoms with Gasteiger partial charge >= 0.3 is 5.97 Å². The maximum Gasteiger partial charge on any atom is 0.360 e. The monoisotopic (exact) mass is 401 g/mol. The number of benzene rings is 3. The molecule has 7 nitrogen and oxygen atoms in total. The smallest absolute Gasteiger partial charge is 0.360 e. The molecule has 7 heteroatoms. The van der Waals surface area contributed by atoms with Crippen molar-refractivity contribution < 1.29 is 14.3 Å². The third-order valence-electron chi connectivity index (χ3n) is 4.82. The summed E-state index contributed by atoms with van der Waals surface area (Å²) in [6.45, 7) is 1.48. The summed E-state index contributed by atoms with van der Waals surface area (Å²) in [7, 11) is 1.46. The second-order valence-electron chi connectivity index (χ2n) is 6.92. The Kier molecular flexibility index (Phi) is 5.02. The summed E-state index contributed by atoms with van der Waals surface area (Å²) < 4.78 is 6.41. The van der Waals surface area contributed by atoms with Crippen LogP contribution in [0.4, 0.5) is 5.69 Å². The number of ether oxygens (including phenoxy) is 1. The highest BCUT2D eigenvalue weighted by Gasteiger charge is 2.23. The Bertz CT molecular complexity index is 1340. The van der Waals surface area contributed by atoms with Gasteiger partial charge in [-0.1, -0.05) is 48.5 Å². The van der Waals surface area contributed by atoms with Crippen molar-refractivity contribution in [2.24, 2.45) is 7.05 Å². The molecule has 1 amide bonds. The lowest BCUT2D eigenvalue weighted by Crippen LogP contribution is -2.31. The lowest BCUT2D eigenvalue weighted by atomic mass is 10.1. The summed E-state index contributed by atoms with van der Waals surface area (Å²) in [5.74, 6) is -1.24. The molecule has 0 radical (unpaired) electrons. The Morgan fingerprint density at radius 2 is 1.63 bits per heavy atom. The number of hydrogen-bond donors (Lipinski definition) is 1. The van der Waals surface area contributed by atoms with E-state index < -0.39 is 18.0 Å². The number of hydrogen-bond acceptors (Lipinski definition) is 5. The van der Waals surface area contributed by atoms with Gasteiger partial charge in [0.2, 0.25) is 0 Å². The summed E-state index contributed by atoms with van der Waals surface area (Å²) in [6, 6.07) is 20.0. The van der Waals surface area contributed by atoms with Crippen molar-refractivity contribution in [3.05, 3.63) is 82.8 Å². The van der Waals surface area contributed by atoms with Gasteiger partial charge in [0.1, 0.15) is 0 Å². The molecule has 150 valence electrons. The Hall–Kier alpha value is -4.00. The number of nitrogens with one attached hydrogen (secondary N) is 1. The minimum Gasteiger partial charge on any atom is -0.448 e. The second kappa shape index (κ2) is 7.79. The lowest BCUT2D eigenvalue weighted by molar-refractivity contribution is -0.123. The predicted molar refractivity (Wildman–Crippen MR) is 114 cm³/mol. The van der Waals surface area contributed by atoms with Crippen LogP contribution in [0.3, 0.4) is 0 Å². The minimum atomic E-state index is -1.05. The predicted octanol–water partition coefficient (Wildman–Crippen LogP) is 3.27. The minimum absolute atomic E-state index is 0.0157. The highest BCUT2D eigenvalue weighted by Crippen LogP contribution is 2.19. The zero-order valence-electron chi connectivity index (χ0n) is 16.5. The molecular weight excluding hydrogens is 382 g/mol. The molecule has 1 N–H and O–H groups in total. The first kappa shape index (κ1) is 19.3. The number of amides is 1. The van der Waals surface area contributed by atoms with Crippen molar-refractivity contribution in [2.75, 3.05) is 5.32 Å². The summed E-state index contributed by atoms with van der Waals surface area (Å²) in [5, 5.41) is 9.57. The van der Waals surface area contributed by atoms with Crippen molar-refractivity contribution in [3.8, 4) is 0 Å². The number of aromatic nitrogens is 2. The van der Waals surface area contributed by atoms with E-state index in [9.17, 15) is 14.4 Å². The fourth-order valence-corrected chi connectivity index (χ4v) is 3.23. The average molecular weight is 401 g/mol. The van der Waals surface area contributed by atoms with Crippen LogP contribution in [-0.4, -0.2) is 27.8 Å². The zero-order valence-corrected chi connectivity index (χ0v) is 16.5. The van der Waals surface area contributed by atoms with Gasteiger partial charge in [-0.25, -0.2) is 9.48 Å². The van der Waals surface area contributed by atoms with Crippen LogP contribution in [0.1, 0.15) is 17.4 Å². The lowest BCUT2D eigenvalue weighted by Gasteiger charge is -2.14. The van der Waals surface area contributed by atoms with E-state index in [-0.39, 0.29) is 11.3 Å². The topological polar surface area (TPSA) is 90.3 Å². The largest absolute Gasteiger partial charge is 0.448 e. The number of carbonyl (C=O) groups is 2. The standard InChI is InChI=1S/C23H19N3O4/c1-14(21(27)24-17-12-11-15-7-3-4-8-16(15)13-17)30-23(29)20-18-9-5-6-10-19(18)22(28)26(2)25-20/h3-14H,1-2H3,(H,24,27)/t14-/m1/s1. The van der Waals surface area contributed by atoms with Gasteiger partial charge in [0.15, 0.2) is 11.8 Å². The highest BCUT2D eigenvalue weighted by atomic mass is 16.5. The number of aryl methyl sites for hydroxylation is 1. The Balaban J connectivity index is 1.53. The molecule has 1 aromatic heterocycles. The molecule has 0 saturated carbocycles. The molecule has 0 saturated heterocycles. The molecule has 0 bridgehead atoms. The molecule has 0 aliphatic heterocycles. The van der Waals surface area contributed by atoms with Crippen molar-refractivity contribution in [3.63, 3.8) is 0 Å².